The predicted molar refractivity (Wildman–Crippen MR) is 73.8 cm³/mol. The van der Waals surface area contributed by atoms with E-state index in [-0.39, 0.29) is 5.92 Å². The van der Waals surface area contributed by atoms with Crippen molar-refractivity contribution in [3.05, 3.63) is 35.9 Å². The van der Waals surface area contributed by atoms with Gasteiger partial charge in [0, 0.05) is 0 Å². The van der Waals surface area contributed by atoms with Crippen LogP contribution in [0.25, 0.3) is 0 Å². The Hall–Kier alpha value is -1.55. The highest BCUT2D eigenvalue weighted by molar-refractivity contribution is 6.30. The summed E-state index contributed by atoms with van der Waals surface area (Å²) in [6, 6.07) is 8.29. The fourth-order valence-electron chi connectivity index (χ4n) is 1.62. The van der Waals surface area contributed by atoms with E-state index in [1.54, 1.807) is 24.3 Å². The summed E-state index contributed by atoms with van der Waals surface area (Å²) >= 11 is 6.09. The molecule has 1 N–H and O–H groups in total. The van der Waals surface area contributed by atoms with E-state index in [4.69, 9.17) is 11.6 Å². The van der Waals surface area contributed by atoms with Crippen molar-refractivity contribution in [1.82, 2.24) is 5.32 Å². The molecule has 1 amide bonds. The molecule has 4 nitrogen and oxygen atoms in total. The van der Waals surface area contributed by atoms with Crippen LogP contribution in [0.1, 0.15) is 24.8 Å². The molecule has 0 aliphatic rings. The lowest BCUT2D eigenvalue weighted by molar-refractivity contribution is -0.146. The quantitative estimate of drug-likeness (QED) is 0.666. The smallest absolute Gasteiger partial charge is 0.328 e. The van der Waals surface area contributed by atoms with Crippen LogP contribution < -0.4 is 5.32 Å². The van der Waals surface area contributed by atoms with Crippen LogP contribution in [0.4, 0.5) is 0 Å². The van der Waals surface area contributed by atoms with E-state index in [2.05, 4.69) is 10.1 Å². The van der Waals surface area contributed by atoms with Gasteiger partial charge in [-0.05, 0) is 11.5 Å². The number of amides is 1. The number of rotatable bonds is 5. The molecule has 0 bridgehead atoms. The van der Waals surface area contributed by atoms with E-state index in [0.717, 1.165) is 0 Å². The Bertz CT molecular complexity index is 434. The average Bonchev–Trinajstić information content (AvgIpc) is 2.43. The Balaban J connectivity index is 2.75. The third-order valence-corrected chi connectivity index (χ3v) is 3.19. The summed E-state index contributed by atoms with van der Waals surface area (Å²) in [4.78, 5) is 23.6. The molecule has 19 heavy (non-hydrogen) atoms. The topological polar surface area (TPSA) is 55.4 Å². The molecule has 104 valence electrons. The number of esters is 1. The number of methoxy groups -OCH3 is 1. The Kier molecular flexibility index (Phi) is 5.83. The van der Waals surface area contributed by atoms with Crippen molar-refractivity contribution in [3.63, 3.8) is 0 Å². The van der Waals surface area contributed by atoms with Gasteiger partial charge in [0.1, 0.15) is 11.4 Å². The Morgan fingerprint density at radius 2 is 1.79 bits per heavy atom. The molecule has 1 rings (SSSR count). The zero-order chi connectivity index (χ0) is 14.4. The van der Waals surface area contributed by atoms with E-state index >= 15 is 0 Å². The van der Waals surface area contributed by atoms with Crippen LogP contribution in [0.2, 0.25) is 0 Å². The first kappa shape index (κ1) is 15.5. The maximum Gasteiger partial charge on any atom is 0.328 e. The first-order valence-corrected chi connectivity index (χ1v) is 6.48. The molecular formula is C14H18ClNO3. The van der Waals surface area contributed by atoms with Crippen molar-refractivity contribution in [2.45, 2.75) is 25.3 Å². The highest BCUT2D eigenvalue weighted by atomic mass is 35.5. The van der Waals surface area contributed by atoms with Gasteiger partial charge in [0.15, 0.2) is 0 Å². The molecule has 2 atom stereocenters. The Morgan fingerprint density at radius 1 is 1.21 bits per heavy atom. The standard InChI is InChI=1S/C14H18ClNO3/c1-9(2)12(14(18)19-3)16-13(17)11(15)10-7-5-4-6-8-10/h4-9,11-12H,1-3H3,(H,16,17). The molecule has 0 aliphatic carbocycles. The molecule has 0 aliphatic heterocycles. The van der Waals surface area contributed by atoms with Gasteiger partial charge in [0.25, 0.3) is 0 Å². The number of benzene rings is 1. The lowest BCUT2D eigenvalue weighted by Crippen LogP contribution is -2.46. The van der Waals surface area contributed by atoms with Gasteiger partial charge >= 0.3 is 5.97 Å². The number of hydrogen-bond acceptors (Lipinski definition) is 3. The minimum atomic E-state index is -0.827. The second-order valence-corrected chi connectivity index (χ2v) is 4.96. The van der Waals surface area contributed by atoms with Gasteiger partial charge in [0.05, 0.1) is 7.11 Å². The molecule has 5 heteroatoms. The summed E-state index contributed by atoms with van der Waals surface area (Å²) < 4.78 is 4.66. The number of hydrogen-bond donors (Lipinski definition) is 1. The van der Waals surface area contributed by atoms with Gasteiger partial charge in [-0.2, -0.15) is 0 Å². The largest absolute Gasteiger partial charge is 0.467 e. The fourth-order valence-corrected chi connectivity index (χ4v) is 1.83. The van der Waals surface area contributed by atoms with Gasteiger partial charge in [-0.25, -0.2) is 4.79 Å². The zero-order valence-corrected chi connectivity index (χ0v) is 12.0. The maximum atomic E-state index is 12.0. The average molecular weight is 284 g/mol. The summed E-state index contributed by atoms with van der Waals surface area (Å²) in [6.45, 7) is 3.65. The molecule has 0 fully saturated rings. The minimum absolute atomic E-state index is 0.0731. The van der Waals surface area contributed by atoms with Crippen molar-refractivity contribution in [2.75, 3.05) is 7.11 Å². The van der Waals surface area contributed by atoms with Gasteiger partial charge in [-0.15, -0.1) is 11.6 Å². The van der Waals surface area contributed by atoms with E-state index in [0.29, 0.717) is 5.56 Å². The first-order valence-electron chi connectivity index (χ1n) is 6.04. The molecule has 0 aromatic heterocycles. The monoisotopic (exact) mass is 283 g/mol. The number of nitrogens with one attached hydrogen (secondary N) is 1. The van der Waals surface area contributed by atoms with E-state index in [9.17, 15) is 9.59 Å². The van der Waals surface area contributed by atoms with Crippen LogP contribution >= 0.6 is 11.6 Å². The number of carbonyl (C=O) groups is 2. The molecule has 1 aromatic rings. The van der Waals surface area contributed by atoms with Crippen molar-refractivity contribution >= 4 is 23.5 Å². The summed E-state index contributed by atoms with van der Waals surface area (Å²) in [6.07, 6.45) is 0. The molecule has 0 saturated carbocycles. The highest BCUT2D eigenvalue weighted by Gasteiger charge is 2.28. The van der Waals surface area contributed by atoms with Crippen LogP contribution in [-0.4, -0.2) is 25.0 Å². The van der Waals surface area contributed by atoms with Gasteiger partial charge < -0.3 is 10.1 Å². The molecule has 0 radical (unpaired) electrons. The highest BCUT2D eigenvalue weighted by Crippen LogP contribution is 2.20. The maximum absolute atomic E-state index is 12.0. The molecule has 1 aromatic carbocycles. The van der Waals surface area contributed by atoms with Crippen LogP contribution in [0, 0.1) is 5.92 Å². The van der Waals surface area contributed by atoms with Crippen LogP contribution in [0.5, 0.6) is 0 Å². The summed E-state index contributed by atoms with van der Waals surface area (Å²) in [5.41, 5.74) is 0.689. The summed E-state index contributed by atoms with van der Waals surface area (Å²) in [7, 11) is 1.29. The number of halogens is 1. The second-order valence-electron chi connectivity index (χ2n) is 4.53. The summed E-state index contributed by atoms with van der Waals surface area (Å²) in [5.74, 6) is -0.951. The van der Waals surface area contributed by atoms with E-state index in [1.807, 2.05) is 19.9 Å². The van der Waals surface area contributed by atoms with Gasteiger partial charge in [0.2, 0.25) is 5.91 Å². The Labute approximate surface area is 118 Å². The van der Waals surface area contributed by atoms with Crippen LogP contribution in [0.3, 0.4) is 0 Å². The third kappa shape index (κ3) is 4.24. The number of ether oxygens (including phenoxy) is 1. The summed E-state index contributed by atoms with van der Waals surface area (Å²) in [5, 5.41) is 1.79. The Morgan fingerprint density at radius 3 is 2.26 bits per heavy atom. The number of carbonyl (C=O) groups excluding carboxylic acids is 2. The molecule has 0 spiro atoms. The number of alkyl halides is 1. The first-order chi connectivity index (χ1) is 8.97. The van der Waals surface area contributed by atoms with Crippen molar-refractivity contribution in [1.29, 1.82) is 0 Å². The van der Waals surface area contributed by atoms with Gasteiger partial charge in [-0.1, -0.05) is 44.2 Å². The third-order valence-electron chi connectivity index (χ3n) is 2.74. The molecule has 2 unspecified atom stereocenters. The molecule has 0 saturated heterocycles. The molecular weight excluding hydrogens is 266 g/mol. The predicted octanol–water partition coefficient (Wildman–Crippen LogP) is 2.28. The normalized spacial score (nSPS) is 13.7. The zero-order valence-electron chi connectivity index (χ0n) is 11.2. The SMILES string of the molecule is COC(=O)C(NC(=O)C(Cl)c1ccccc1)C(C)C. The van der Waals surface area contributed by atoms with Crippen LogP contribution in [-0.2, 0) is 14.3 Å². The van der Waals surface area contributed by atoms with Crippen molar-refractivity contribution in [2.24, 2.45) is 5.92 Å². The second kappa shape index (κ2) is 7.14. The van der Waals surface area contributed by atoms with Crippen molar-refractivity contribution < 1.29 is 14.3 Å². The lowest BCUT2D eigenvalue weighted by atomic mass is 10.0. The minimum Gasteiger partial charge on any atom is -0.467 e. The van der Waals surface area contributed by atoms with E-state index < -0.39 is 23.3 Å². The van der Waals surface area contributed by atoms with Crippen molar-refractivity contribution in [3.8, 4) is 0 Å². The van der Waals surface area contributed by atoms with Gasteiger partial charge in [-0.3, -0.25) is 4.79 Å². The van der Waals surface area contributed by atoms with E-state index in [1.165, 1.54) is 7.11 Å². The molecule has 0 heterocycles. The van der Waals surface area contributed by atoms with Crippen LogP contribution in [0.15, 0.2) is 30.3 Å². The lowest BCUT2D eigenvalue weighted by Gasteiger charge is -2.21. The fraction of sp³-hybridized carbons (Fsp3) is 0.429.